The highest BCUT2D eigenvalue weighted by Gasteiger charge is 2.23. The van der Waals surface area contributed by atoms with Gasteiger partial charge in [-0.25, -0.2) is 4.39 Å². The van der Waals surface area contributed by atoms with Crippen LogP contribution < -0.4 is 5.73 Å². The van der Waals surface area contributed by atoms with E-state index in [4.69, 9.17) is 5.73 Å². The summed E-state index contributed by atoms with van der Waals surface area (Å²) < 4.78 is 14.6. The van der Waals surface area contributed by atoms with Crippen molar-refractivity contribution < 1.29 is 4.39 Å². The number of nitrogens with two attached hydrogens (primary N) is 1. The minimum absolute atomic E-state index is 0. The van der Waals surface area contributed by atoms with Gasteiger partial charge in [0.05, 0.1) is 0 Å². The second-order valence-electron chi connectivity index (χ2n) is 4.59. The summed E-state index contributed by atoms with van der Waals surface area (Å²) in [4.78, 5) is 0. The minimum Gasteiger partial charge on any atom is -0.324 e. The summed E-state index contributed by atoms with van der Waals surface area (Å²) in [5.41, 5.74) is 6.83. The van der Waals surface area contributed by atoms with Gasteiger partial charge in [0.25, 0.3) is 0 Å². The van der Waals surface area contributed by atoms with Crippen molar-refractivity contribution in [1.82, 2.24) is 0 Å². The molecule has 96 valence electrons. The standard InChI is InChI=1S/C13H17BrFN.ClH/c14-10-6-7-12(15)11(8-10)13(16)9-4-2-1-3-5-9;/h6-9,13H,1-5,16H2;1H/t13-;/m0./s1. The molecule has 1 saturated carbocycles. The monoisotopic (exact) mass is 321 g/mol. The lowest BCUT2D eigenvalue weighted by molar-refractivity contribution is 0.303. The largest absolute Gasteiger partial charge is 0.324 e. The number of hydrogen-bond acceptors (Lipinski definition) is 1. The summed E-state index contributed by atoms with van der Waals surface area (Å²) in [6.07, 6.45) is 6.02. The van der Waals surface area contributed by atoms with Gasteiger partial charge in [0.15, 0.2) is 0 Å². The van der Waals surface area contributed by atoms with Gasteiger partial charge in [-0.1, -0.05) is 35.2 Å². The van der Waals surface area contributed by atoms with Crippen molar-refractivity contribution >= 4 is 28.3 Å². The molecule has 1 aliphatic rings. The third-order valence-corrected chi connectivity index (χ3v) is 3.97. The average molecular weight is 323 g/mol. The Morgan fingerprint density at radius 1 is 1.24 bits per heavy atom. The third kappa shape index (κ3) is 3.67. The molecule has 0 bridgehead atoms. The molecule has 1 aromatic rings. The quantitative estimate of drug-likeness (QED) is 0.846. The van der Waals surface area contributed by atoms with E-state index in [1.54, 1.807) is 6.07 Å². The Labute approximate surface area is 117 Å². The molecule has 0 heterocycles. The van der Waals surface area contributed by atoms with Crippen molar-refractivity contribution in [3.63, 3.8) is 0 Å². The van der Waals surface area contributed by atoms with Crippen LogP contribution in [0.2, 0.25) is 0 Å². The molecule has 0 aliphatic heterocycles. The van der Waals surface area contributed by atoms with E-state index >= 15 is 0 Å². The molecule has 2 N–H and O–H groups in total. The Kier molecular flexibility index (Phi) is 5.90. The normalized spacial score (nSPS) is 18.5. The molecule has 2 rings (SSSR count). The van der Waals surface area contributed by atoms with E-state index in [9.17, 15) is 4.39 Å². The highest BCUT2D eigenvalue weighted by molar-refractivity contribution is 9.10. The summed E-state index contributed by atoms with van der Waals surface area (Å²) in [5, 5.41) is 0. The number of halogens is 3. The Morgan fingerprint density at radius 3 is 2.53 bits per heavy atom. The Hall–Kier alpha value is -0.120. The molecular weight excluding hydrogens is 305 g/mol. The van der Waals surface area contributed by atoms with E-state index in [1.807, 2.05) is 6.07 Å². The molecule has 1 aliphatic carbocycles. The predicted octanol–water partition coefficient (Wildman–Crippen LogP) is 4.59. The summed E-state index contributed by atoms with van der Waals surface area (Å²) >= 11 is 3.37. The van der Waals surface area contributed by atoms with Crippen LogP contribution in [0.1, 0.15) is 43.7 Å². The topological polar surface area (TPSA) is 26.0 Å². The first kappa shape index (κ1) is 14.9. The van der Waals surface area contributed by atoms with Crippen molar-refractivity contribution in [2.24, 2.45) is 11.7 Å². The van der Waals surface area contributed by atoms with Crippen LogP contribution in [0, 0.1) is 11.7 Å². The van der Waals surface area contributed by atoms with Crippen LogP contribution in [0.4, 0.5) is 4.39 Å². The summed E-state index contributed by atoms with van der Waals surface area (Å²) in [6.45, 7) is 0. The highest BCUT2D eigenvalue weighted by atomic mass is 79.9. The zero-order chi connectivity index (χ0) is 11.5. The van der Waals surface area contributed by atoms with Crippen LogP contribution in [0.25, 0.3) is 0 Å². The molecule has 0 spiro atoms. The van der Waals surface area contributed by atoms with Crippen LogP contribution in [0.15, 0.2) is 22.7 Å². The van der Waals surface area contributed by atoms with Crippen LogP contribution >= 0.6 is 28.3 Å². The van der Waals surface area contributed by atoms with Gasteiger partial charge < -0.3 is 5.73 Å². The van der Waals surface area contributed by atoms with Gasteiger partial charge in [0.1, 0.15) is 5.82 Å². The van der Waals surface area contributed by atoms with Crippen molar-refractivity contribution in [3.8, 4) is 0 Å². The average Bonchev–Trinajstić information content (AvgIpc) is 2.32. The van der Waals surface area contributed by atoms with Crippen LogP contribution in [0.3, 0.4) is 0 Å². The minimum atomic E-state index is -0.179. The maximum Gasteiger partial charge on any atom is 0.128 e. The smallest absolute Gasteiger partial charge is 0.128 e. The molecule has 17 heavy (non-hydrogen) atoms. The number of benzene rings is 1. The lowest BCUT2D eigenvalue weighted by Crippen LogP contribution is -2.24. The molecule has 0 saturated heterocycles. The number of hydrogen-bond donors (Lipinski definition) is 1. The predicted molar refractivity (Wildman–Crippen MR) is 74.9 cm³/mol. The van der Waals surface area contributed by atoms with Gasteiger partial charge in [0.2, 0.25) is 0 Å². The van der Waals surface area contributed by atoms with E-state index in [0.29, 0.717) is 11.5 Å². The maximum atomic E-state index is 13.7. The summed E-state index contributed by atoms with van der Waals surface area (Å²) in [5.74, 6) is 0.263. The van der Waals surface area contributed by atoms with Crippen molar-refractivity contribution in [1.29, 1.82) is 0 Å². The number of rotatable bonds is 2. The first-order valence-electron chi connectivity index (χ1n) is 5.89. The second kappa shape index (κ2) is 6.72. The molecule has 0 unspecified atom stereocenters. The van der Waals surface area contributed by atoms with Crippen LogP contribution in [0.5, 0.6) is 0 Å². The molecular formula is C13H18BrClFN. The fourth-order valence-corrected chi connectivity index (χ4v) is 2.90. The SMILES string of the molecule is Cl.N[C@H](c1cc(Br)ccc1F)C1CCCCC1. The molecule has 1 atom stereocenters. The summed E-state index contributed by atoms with van der Waals surface area (Å²) in [6, 6.07) is 4.86. The molecule has 1 aromatic carbocycles. The van der Waals surface area contributed by atoms with Crippen molar-refractivity contribution in [2.75, 3.05) is 0 Å². The maximum absolute atomic E-state index is 13.7. The van der Waals surface area contributed by atoms with Gasteiger partial charge in [-0.3, -0.25) is 0 Å². The zero-order valence-electron chi connectivity index (χ0n) is 9.66. The second-order valence-corrected chi connectivity index (χ2v) is 5.51. The van der Waals surface area contributed by atoms with Crippen molar-refractivity contribution in [3.05, 3.63) is 34.1 Å². The first-order valence-corrected chi connectivity index (χ1v) is 6.68. The van der Waals surface area contributed by atoms with Gasteiger partial charge in [-0.05, 0) is 37.0 Å². The van der Waals surface area contributed by atoms with Gasteiger partial charge in [-0.15, -0.1) is 12.4 Å². The lowest BCUT2D eigenvalue weighted by atomic mass is 9.81. The van der Waals surface area contributed by atoms with Crippen molar-refractivity contribution in [2.45, 2.75) is 38.1 Å². The fraction of sp³-hybridized carbons (Fsp3) is 0.538. The fourth-order valence-electron chi connectivity index (χ4n) is 2.52. The Morgan fingerprint density at radius 2 is 1.88 bits per heavy atom. The Balaban J connectivity index is 0.00000144. The van der Waals surface area contributed by atoms with Gasteiger partial charge >= 0.3 is 0 Å². The Bertz CT molecular complexity index is 366. The third-order valence-electron chi connectivity index (χ3n) is 3.47. The van der Waals surface area contributed by atoms with Crippen LogP contribution in [-0.4, -0.2) is 0 Å². The molecule has 4 heteroatoms. The molecule has 1 fully saturated rings. The molecule has 0 aromatic heterocycles. The zero-order valence-corrected chi connectivity index (χ0v) is 12.1. The van der Waals surface area contributed by atoms with E-state index in [-0.39, 0.29) is 24.3 Å². The van der Waals surface area contributed by atoms with E-state index in [0.717, 1.165) is 17.3 Å². The van der Waals surface area contributed by atoms with E-state index in [1.165, 1.54) is 25.3 Å². The molecule has 0 radical (unpaired) electrons. The first-order chi connectivity index (χ1) is 7.68. The van der Waals surface area contributed by atoms with E-state index < -0.39 is 0 Å². The highest BCUT2D eigenvalue weighted by Crippen LogP contribution is 2.34. The molecule has 1 nitrogen and oxygen atoms in total. The van der Waals surface area contributed by atoms with Gasteiger partial charge in [-0.2, -0.15) is 0 Å². The molecule has 0 amide bonds. The van der Waals surface area contributed by atoms with Crippen LogP contribution in [-0.2, 0) is 0 Å². The van der Waals surface area contributed by atoms with Gasteiger partial charge in [0, 0.05) is 16.1 Å². The lowest BCUT2D eigenvalue weighted by Gasteiger charge is -2.28. The summed E-state index contributed by atoms with van der Waals surface area (Å²) in [7, 11) is 0. The van der Waals surface area contributed by atoms with E-state index in [2.05, 4.69) is 15.9 Å².